The van der Waals surface area contributed by atoms with E-state index < -0.39 is 16.3 Å². The number of nitrogens with zero attached hydrogens (tertiary/aromatic N) is 2. The maximum absolute atomic E-state index is 13.1. The number of hydrogen-bond donors (Lipinski definition) is 1. The Labute approximate surface area is 217 Å². The Bertz CT molecular complexity index is 1190. The van der Waals surface area contributed by atoms with Crippen LogP contribution in [-0.2, 0) is 24.3 Å². The highest BCUT2D eigenvalue weighted by atomic mass is 32.2. The number of allylic oxidation sites excluding steroid dienone is 1. The molecule has 37 heavy (non-hydrogen) atoms. The SMILES string of the molecule is COc1ccc([C@H]2C=C(C(=O)N3CC3)O[C@@H](OCCN(CCO)S(=O)(=O)c3ccc(OC)cc3)C2)cc1. The molecule has 11 heteroatoms. The van der Waals surface area contributed by atoms with Gasteiger partial charge >= 0.3 is 0 Å². The van der Waals surface area contributed by atoms with Gasteiger partial charge in [0.1, 0.15) is 11.5 Å². The Kier molecular flexibility index (Phi) is 8.70. The van der Waals surface area contributed by atoms with E-state index in [1.807, 2.05) is 30.3 Å². The van der Waals surface area contributed by atoms with Gasteiger partial charge in [0.05, 0.1) is 32.3 Å². The summed E-state index contributed by atoms with van der Waals surface area (Å²) in [5, 5.41) is 9.48. The first-order valence-corrected chi connectivity index (χ1v) is 13.5. The summed E-state index contributed by atoms with van der Waals surface area (Å²) in [6.07, 6.45) is 1.53. The number of carbonyl (C=O) groups excluding carboxylic acids is 1. The van der Waals surface area contributed by atoms with Crippen LogP contribution in [0.1, 0.15) is 17.9 Å². The largest absolute Gasteiger partial charge is 0.497 e. The highest BCUT2D eigenvalue weighted by Crippen LogP contribution is 2.33. The summed E-state index contributed by atoms with van der Waals surface area (Å²) in [4.78, 5) is 14.5. The van der Waals surface area contributed by atoms with Crippen LogP contribution in [0.4, 0.5) is 0 Å². The lowest BCUT2D eigenvalue weighted by molar-refractivity contribution is -0.149. The van der Waals surface area contributed by atoms with Gasteiger partial charge in [0.2, 0.25) is 16.3 Å². The molecule has 4 rings (SSSR count). The molecular formula is C26H32N2O8S. The van der Waals surface area contributed by atoms with E-state index in [1.165, 1.54) is 19.2 Å². The predicted octanol–water partition coefficient (Wildman–Crippen LogP) is 1.96. The van der Waals surface area contributed by atoms with Crippen LogP contribution < -0.4 is 9.47 Å². The molecule has 2 atom stereocenters. The summed E-state index contributed by atoms with van der Waals surface area (Å²) < 4.78 is 49.6. The van der Waals surface area contributed by atoms with Crippen molar-refractivity contribution in [1.82, 2.24) is 9.21 Å². The van der Waals surface area contributed by atoms with Crippen molar-refractivity contribution in [1.29, 1.82) is 0 Å². The highest BCUT2D eigenvalue weighted by molar-refractivity contribution is 7.89. The molecular weight excluding hydrogens is 500 g/mol. The van der Waals surface area contributed by atoms with E-state index in [0.717, 1.165) is 15.6 Å². The van der Waals surface area contributed by atoms with E-state index in [9.17, 15) is 18.3 Å². The van der Waals surface area contributed by atoms with E-state index in [0.29, 0.717) is 25.3 Å². The molecule has 2 aromatic rings. The summed E-state index contributed by atoms with van der Waals surface area (Å²) in [5.41, 5.74) is 0.984. The topological polar surface area (TPSA) is 115 Å². The molecule has 0 aromatic heterocycles. The Balaban J connectivity index is 1.44. The first kappa shape index (κ1) is 26.9. The van der Waals surface area contributed by atoms with Gasteiger partial charge in [-0.25, -0.2) is 8.42 Å². The standard InChI is InChI=1S/C26H32N2O8S/c1-33-21-5-3-19(4-6-21)20-17-24(26(30)27-11-12-27)36-25(18-20)35-16-14-28(13-15-29)37(31,32)23-9-7-22(34-2)8-10-23/h3-10,17,20,25,29H,11-16,18H2,1-2H3/t20-,25+/m0/s1. The lowest BCUT2D eigenvalue weighted by Crippen LogP contribution is -2.37. The van der Waals surface area contributed by atoms with Crippen molar-refractivity contribution in [3.63, 3.8) is 0 Å². The zero-order valence-electron chi connectivity index (χ0n) is 20.9. The summed E-state index contributed by atoms with van der Waals surface area (Å²) in [5.74, 6) is 1.19. The van der Waals surface area contributed by atoms with Crippen LogP contribution in [0.2, 0.25) is 0 Å². The maximum atomic E-state index is 13.1. The van der Waals surface area contributed by atoms with Gasteiger partial charge in [-0.2, -0.15) is 4.31 Å². The second kappa shape index (κ2) is 12.0. The number of aliphatic hydroxyl groups is 1. The molecule has 0 radical (unpaired) electrons. The van der Waals surface area contributed by atoms with Crippen LogP contribution >= 0.6 is 0 Å². The molecule has 200 valence electrons. The van der Waals surface area contributed by atoms with Gasteiger partial charge in [-0.15, -0.1) is 0 Å². The number of sulfonamides is 1. The third-order valence-electron chi connectivity index (χ3n) is 6.24. The molecule has 10 nitrogen and oxygen atoms in total. The molecule has 0 spiro atoms. The van der Waals surface area contributed by atoms with Gasteiger partial charge < -0.3 is 29.0 Å². The summed E-state index contributed by atoms with van der Waals surface area (Å²) >= 11 is 0. The number of amides is 1. The number of aliphatic hydroxyl groups excluding tert-OH is 1. The van der Waals surface area contributed by atoms with Crippen LogP contribution in [0, 0.1) is 0 Å². The van der Waals surface area contributed by atoms with Gasteiger partial charge in [-0.05, 0) is 48.0 Å². The predicted molar refractivity (Wildman–Crippen MR) is 135 cm³/mol. The molecule has 1 saturated heterocycles. The van der Waals surface area contributed by atoms with Gasteiger partial charge in [-0.1, -0.05) is 12.1 Å². The Morgan fingerprint density at radius 1 is 1.03 bits per heavy atom. The van der Waals surface area contributed by atoms with Crippen molar-refractivity contribution < 1.29 is 37.3 Å². The second-order valence-corrected chi connectivity index (χ2v) is 10.6. The Morgan fingerprint density at radius 2 is 1.65 bits per heavy atom. The number of ether oxygens (including phenoxy) is 4. The Morgan fingerprint density at radius 3 is 2.22 bits per heavy atom. The molecule has 0 unspecified atom stereocenters. The minimum absolute atomic E-state index is 0.00110. The fraction of sp³-hybridized carbons (Fsp3) is 0.423. The first-order valence-electron chi connectivity index (χ1n) is 12.0. The number of carbonyl (C=O) groups is 1. The van der Waals surface area contributed by atoms with Crippen LogP contribution in [0.25, 0.3) is 0 Å². The molecule has 1 fully saturated rings. The zero-order chi connectivity index (χ0) is 26.4. The number of benzene rings is 2. The third-order valence-corrected chi connectivity index (χ3v) is 8.15. The van der Waals surface area contributed by atoms with E-state index in [4.69, 9.17) is 18.9 Å². The van der Waals surface area contributed by atoms with E-state index >= 15 is 0 Å². The van der Waals surface area contributed by atoms with Crippen LogP contribution in [0.15, 0.2) is 65.3 Å². The molecule has 2 aromatic carbocycles. The molecule has 0 bridgehead atoms. The molecule has 2 aliphatic rings. The molecule has 1 amide bonds. The van der Waals surface area contributed by atoms with Crippen molar-refractivity contribution in [2.75, 3.05) is 53.6 Å². The average molecular weight is 533 g/mol. The number of methoxy groups -OCH3 is 2. The van der Waals surface area contributed by atoms with Crippen molar-refractivity contribution >= 4 is 15.9 Å². The van der Waals surface area contributed by atoms with E-state index in [2.05, 4.69) is 0 Å². The minimum atomic E-state index is -3.87. The fourth-order valence-electron chi connectivity index (χ4n) is 4.05. The summed E-state index contributed by atoms with van der Waals surface area (Å²) in [6.45, 7) is 0.971. The summed E-state index contributed by atoms with van der Waals surface area (Å²) in [6, 6.07) is 13.6. The lowest BCUT2D eigenvalue weighted by Gasteiger charge is -2.30. The number of hydrogen-bond acceptors (Lipinski definition) is 8. The first-order chi connectivity index (χ1) is 17.8. The van der Waals surface area contributed by atoms with Crippen molar-refractivity contribution in [2.45, 2.75) is 23.5 Å². The van der Waals surface area contributed by atoms with Crippen LogP contribution in [0.5, 0.6) is 11.5 Å². The monoisotopic (exact) mass is 532 g/mol. The Hall–Kier alpha value is -3.12. The normalized spacial score (nSPS) is 19.2. The molecule has 0 aliphatic carbocycles. The zero-order valence-corrected chi connectivity index (χ0v) is 21.7. The van der Waals surface area contributed by atoms with Gasteiger partial charge in [0, 0.05) is 38.5 Å². The lowest BCUT2D eigenvalue weighted by atomic mass is 9.93. The summed E-state index contributed by atoms with van der Waals surface area (Å²) in [7, 11) is -0.764. The molecule has 2 aliphatic heterocycles. The molecule has 0 saturated carbocycles. The van der Waals surface area contributed by atoms with Crippen LogP contribution in [-0.4, -0.2) is 88.5 Å². The van der Waals surface area contributed by atoms with E-state index in [-0.39, 0.29) is 48.8 Å². The van der Waals surface area contributed by atoms with Crippen molar-refractivity contribution in [3.8, 4) is 11.5 Å². The van der Waals surface area contributed by atoms with Gasteiger partial charge in [-0.3, -0.25) is 4.79 Å². The molecule has 2 heterocycles. The van der Waals surface area contributed by atoms with Crippen LogP contribution in [0.3, 0.4) is 0 Å². The fourth-order valence-corrected chi connectivity index (χ4v) is 5.46. The van der Waals surface area contributed by atoms with E-state index in [1.54, 1.807) is 24.1 Å². The smallest absolute Gasteiger partial charge is 0.288 e. The van der Waals surface area contributed by atoms with Gasteiger partial charge in [0.25, 0.3) is 5.91 Å². The quantitative estimate of drug-likeness (QED) is 0.413. The van der Waals surface area contributed by atoms with Crippen molar-refractivity contribution in [2.24, 2.45) is 0 Å². The van der Waals surface area contributed by atoms with Crippen molar-refractivity contribution in [3.05, 3.63) is 65.9 Å². The average Bonchev–Trinajstić information content (AvgIpc) is 3.78. The molecule has 1 N–H and O–H groups in total. The second-order valence-electron chi connectivity index (χ2n) is 8.66. The maximum Gasteiger partial charge on any atom is 0.288 e. The van der Waals surface area contributed by atoms with Gasteiger partial charge in [0.15, 0.2) is 5.76 Å². The number of rotatable bonds is 12. The third kappa shape index (κ3) is 6.61. The minimum Gasteiger partial charge on any atom is -0.497 e. The highest BCUT2D eigenvalue weighted by Gasteiger charge is 2.34.